The Kier molecular flexibility index (Phi) is 5.21. The Balaban J connectivity index is 1.71. The Labute approximate surface area is 147 Å². The average molecular weight is 349 g/mol. The van der Waals surface area contributed by atoms with E-state index in [1.807, 2.05) is 0 Å². The van der Waals surface area contributed by atoms with E-state index in [-0.39, 0.29) is 11.1 Å². The van der Waals surface area contributed by atoms with E-state index in [9.17, 15) is 0 Å². The van der Waals surface area contributed by atoms with Gasteiger partial charge in [0.25, 0.3) is 0 Å². The fraction of sp³-hybridized carbons (Fsp3) is 0.700. The third-order valence-corrected chi connectivity index (χ3v) is 10.1. The SMILES string of the molecule is CC(C)(C)[Si](C)(C)OCc1ccccc1[C@H](OC[C@H]1CO1)C1CC1. The van der Waals surface area contributed by atoms with Crippen molar-refractivity contribution in [3.8, 4) is 0 Å². The van der Waals surface area contributed by atoms with Gasteiger partial charge in [-0.1, -0.05) is 45.0 Å². The fourth-order valence-electron chi connectivity index (χ4n) is 2.67. The third-order valence-electron chi connectivity index (χ3n) is 5.67. The number of hydrogen-bond donors (Lipinski definition) is 0. The molecule has 0 radical (unpaired) electrons. The molecule has 0 spiro atoms. The van der Waals surface area contributed by atoms with Crippen LogP contribution in [-0.4, -0.2) is 27.6 Å². The van der Waals surface area contributed by atoms with Crippen molar-refractivity contribution in [2.45, 2.75) is 70.6 Å². The highest BCUT2D eigenvalue weighted by molar-refractivity contribution is 6.74. The van der Waals surface area contributed by atoms with E-state index in [0.29, 0.717) is 18.6 Å². The van der Waals surface area contributed by atoms with Crippen LogP contribution in [0.2, 0.25) is 18.1 Å². The molecule has 1 saturated heterocycles. The predicted molar refractivity (Wildman–Crippen MR) is 99.6 cm³/mol. The van der Waals surface area contributed by atoms with Crippen LogP contribution in [0.25, 0.3) is 0 Å². The van der Waals surface area contributed by atoms with E-state index in [1.165, 1.54) is 24.0 Å². The minimum Gasteiger partial charge on any atom is -0.413 e. The van der Waals surface area contributed by atoms with Crippen molar-refractivity contribution in [2.75, 3.05) is 13.2 Å². The van der Waals surface area contributed by atoms with E-state index in [1.54, 1.807) is 0 Å². The number of ether oxygens (including phenoxy) is 2. The Bertz CT molecular complexity index is 556. The van der Waals surface area contributed by atoms with Crippen LogP contribution < -0.4 is 0 Å². The molecule has 24 heavy (non-hydrogen) atoms. The quantitative estimate of drug-likeness (QED) is 0.485. The molecule has 0 aromatic heterocycles. The van der Waals surface area contributed by atoms with Gasteiger partial charge < -0.3 is 13.9 Å². The highest BCUT2D eigenvalue weighted by Gasteiger charge is 2.38. The van der Waals surface area contributed by atoms with Gasteiger partial charge in [-0.2, -0.15) is 0 Å². The highest BCUT2D eigenvalue weighted by Crippen LogP contribution is 2.45. The van der Waals surface area contributed by atoms with Crippen molar-refractivity contribution in [1.82, 2.24) is 0 Å². The molecule has 2 aliphatic rings. The first-order chi connectivity index (χ1) is 11.3. The summed E-state index contributed by atoms with van der Waals surface area (Å²) in [6.45, 7) is 13.8. The number of epoxide rings is 1. The normalized spacial score (nSPS) is 22.5. The van der Waals surface area contributed by atoms with Crippen molar-refractivity contribution < 1.29 is 13.9 Å². The largest absolute Gasteiger partial charge is 0.413 e. The van der Waals surface area contributed by atoms with Gasteiger partial charge in [-0.05, 0) is 48.0 Å². The van der Waals surface area contributed by atoms with Crippen LogP contribution in [0.5, 0.6) is 0 Å². The van der Waals surface area contributed by atoms with Crippen LogP contribution in [0.1, 0.15) is 50.8 Å². The highest BCUT2D eigenvalue weighted by atomic mass is 28.4. The molecule has 0 amide bonds. The van der Waals surface area contributed by atoms with E-state index in [0.717, 1.165) is 13.2 Å². The third kappa shape index (κ3) is 4.48. The zero-order valence-electron chi connectivity index (χ0n) is 15.8. The maximum absolute atomic E-state index is 6.47. The Morgan fingerprint density at radius 2 is 1.88 bits per heavy atom. The molecular weight excluding hydrogens is 316 g/mol. The fourth-order valence-corrected chi connectivity index (χ4v) is 3.62. The number of hydrogen-bond acceptors (Lipinski definition) is 3. The number of benzene rings is 1. The summed E-state index contributed by atoms with van der Waals surface area (Å²) >= 11 is 0. The summed E-state index contributed by atoms with van der Waals surface area (Å²) in [5.74, 6) is 0.665. The van der Waals surface area contributed by atoms with Crippen molar-refractivity contribution in [2.24, 2.45) is 5.92 Å². The van der Waals surface area contributed by atoms with Gasteiger partial charge in [0.05, 0.1) is 25.9 Å². The molecule has 0 N–H and O–H groups in total. The van der Waals surface area contributed by atoms with Gasteiger partial charge in [0.2, 0.25) is 0 Å². The van der Waals surface area contributed by atoms with Gasteiger partial charge in [0.1, 0.15) is 6.10 Å². The van der Waals surface area contributed by atoms with Gasteiger partial charge in [-0.25, -0.2) is 0 Å². The first-order valence-electron chi connectivity index (χ1n) is 9.23. The Morgan fingerprint density at radius 1 is 1.21 bits per heavy atom. The lowest BCUT2D eigenvalue weighted by Gasteiger charge is -2.36. The van der Waals surface area contributed by atoms with Gasteiger partial charge >= 0.3 is 0 Å². The predicted octanol–water partition coefficient (Wildman–Crippen LogP) is 5.07. The molecule has 0 unspecified atom stereocenters. The standard InChI is InChI=1S/C20H32O3Si/c1-20(2,3)24(4,5)23-12-16-8-6-7-9-18(16)19(15-10-11-15)22-14-17-13-21-17/h6-9,15,17,19H,10-14H2,1-5H3/t17-,19-/m1/s1. The van der Waals surface area contributed by atoms with Gasteiger partial charge in [0, 0.05) is 0 Å². The Hall–Kier alpha value is -0.683. The molecule has 0 bridgehead atoms. The van der Waals surface area contributed by atoms with E-state index in [2.05, 4.69) is 58.1 Å². The lowest BCUT2D eigenvalue weighted by Crippen LogP contribution is -2.40. The number of rotatable bonds is 8. The molecule has 134 valence electrons. The maximum Gasteiger partial charge on any atom is 0.192 e. The molecule has 4 heteroatoms. The summed E-state index contributed by atoms with van der Waals surface area (Å²) in [5, 5.41) is 0.234. The summed E-state index contributed by atoms with van der Waals surface area (Å²) in [7, 11) is -1.74. The van der Waals surface area contributed by atoms with Crippen LogP contribution in [0.15, 0.2) is 24.3 Å². The summed E-state index contributed by atoms with van der Waals surface area (Å²) < 4.78 is 18.0. The summed E-state index contributed by atoms with van der Waals surface area (Å²) in [4.78, 5) is 0. The first kappa shape index (κ1) is 18.1. The molecule has 3 rings (SSSR count). The van der Waals surface area contributed by atoms with Crippen LogP contribution in [0, 0.1) is 5.92 Å². The molecule has 3 nitrogen and oxygen atoms in total. The summed E-state index contributed by atoms with van der Waals surface area (Å²) in [6.07, 6.45) is 3.07. The summed E-state index contributed by atoms with van der Waals surface area (Å²) in [6, 6.07) is 8.66. The second-order valence-electron chi connectivity index (χ2n) is 8.79. The van der Waals surface area contributed by atoms with Crippen LogP contribution in [-0.2, 0) is 20.5 Å². The second-order valence-corrected chi connectivity index (χ2v) is 13.6. The molecule has 1 aromatic carbocycles. The van der Waals surface area contributed by atoms with Crippen LogP contribution >= 0.6 is 0 Å². The van der Waals surface area contributed by atoms with Crippen molar-refractivity contribution >= 4 is 8.32 Å². The Morgan fingerprint density at radius 3 is 2.46 bits per heavy atom. The zero-order chi connectivity index (χ0) is 17.4. The van der Waals surface area contributed by atoms with E-state index < -0.39 is 8.32 Å². The molecule has 1 aliphatic carbocycles. The smallest absolute Gasteiger partial charge is 0.192 e. The minimum absolute atomic E-state index is 0.202. The maximum atomic E-state index is 6.47. The molecular formula is C20H32O3Si. The van der Waals surface area contributed by atoms with Gasteiger partial charge in [0.15, 0.2) is 8.32 Å². The zero-order valence-corrected chi connectivity index (χ0v) is 16.8. The topological polar surface area (TPSA) is 31.0 Å². The molecule has 1 aliphatic heterocycles. The lowest BCUT2D eigenvalue weighted by atomic mass is 9.99. The monoisotopic (exact) mass is 348 g/mol. The molecule has 2 atom stereocenters. The van der Waals surface area contributed by atoms with Crippen molar-refractivity contribution in [1.29, 1.82) is 0 Å². The van der Waals surface area contributed by atoms with Crippen molar-refractivity contribution in [3.63, 3.8) is 0 Å². The molecule has 1 aromatic rings. The molecule has 2 fully saturated rings. The van der Waals surface area contributed by atoms with Crippen molar-refractivity contribution in [3.05, 3.63) is 35.4 Å². The van der Waals surface area contributed by atoms with Gasteiger partial charge in [-0.15, -0.1) is 0 Å². The molecule has 1 heterocycles. The average Bonchev–Trinajstić information content (AvgIpc) is 3.39. The second kappa shape index (κ2) is 6.91. The minimum atomic E-state index is -1.74. The van der Waals surface area contributed by atoms with E-state index in [4.69, 9.17) is 13.9 Å². The van der Waals surface area contributed by atoms with Crippen LogP contribution in [0.4, 0.5) is 0 Å². The van der Waals surface area contributed by atoms with Gasteiger partial charge in [-0.3, -0.25) is 0 Å². The summed E-state index contributed by atoms with van der Waals surface area (Å²) in [5.41, 5.74) is 2.61. The van der Waals surface area contributed by atoms with E-state index >= 15 is 0 Å². The van der Waals surface area contributed by atoms with Crippen LogP contribution in [0.3, 0.4) is 0 Å². The lowest BCUT2D eigenvalue weighted by molar-refractivity contribution is 0.0263. The first-order valence-corrected chi connectivity index (χ1v) is 12.1. The molecule has 1 saturated carbocycles.